The van der Waals surface area contributed by atoms with E-state index in [1.54, 1.807) is 0 Å². The molecule has 0 aromatic heterocycles. The topological polar surface area (TPSA) is 120 Å². The molecule has 1 amide bonds. The van der Waals surface area contributed by atoms with Crippen molar-refractivity contribution in [1.82, 2.24) is 10.6 Å². The van der Waals surface area contributed by atoms with Gasteiger partial charge in [-0.2, -0.15) is 0 Å². The van der Waals surface area contributed by atoms with Crippen molar-refractivity contribution in [3.63, 3.8) is 0 Å². The lowest BCUT2D eigenvalue weighted by Gasteiger charge is -2.13. The van der Waals surface area contributed by atoms with Gasteiger partial charge in [-0.25, -0.2) is 14.4 Å². The van der Waals surface area contributed by atoms with Crippen LogP contribution in [0, 0.1) is 0 Å². The highest BCUT2D eigenvalue weighted by atomic mass is 31.1. The molecule has 0 radical (unpaired) electrons. The van der Waals surface area contributed by atoms with Gasteiger partial charge >= 0.3 is 26.1 Å². The first kappa shape index (κ1) is 27.9. The number of hydrogen-bond acceptors (Lipinski definition) is 8. The first-order chi connectivity index (χ1) is 16.5. The minimum atomic E-state index is -2.03. The van der Waals surface area contributed by atoms with Crippen LogP contribution in [0.15, 0.2) is 30.3 Å². The van der Waals surface area contributed by atoms with Crippen LogP contribution in [0.5, 0.6) is 0 Å². The van der Waals surface area contributed by atoms with E-state index in [-0.39, 0.29) is 13.0 Å². The van der Waals surface area contributed by atoms with Crippen LogP contribution in [0.1, 0.15) is 63.9 Å². The second kappa shape index (κ2) is 16.3. The number of unbranched alkanes of at least 4 members (excludes halogenated alkanes) is 3. The van der Waals surface area contributed by atoms with Crippen LogP contribution in [-0.4, -0.2) is 49.4 Å². The van der Waals surface area contributed by atoms with Crippen molar-refractivity contribution < 1.29 is 32.9 Å². The lowest BCUT2D eigenvalue weighted by molar-refractivity contribution is -0.166. The molecule has 2 rings (SSSR count). The van der Waals surface area contributed by atoms with E-state index in [1.807, 2.05) is 37.3 Å². The van der Waals surface area contributed by atoms with Gasteiger partial charge in [-0.1, -0.05) is 43.7 Å². The van der Waals surface area contributed by atoms with Gasteiger partial charge in [0.2, 0.25) is 6.10 Å². The first-order valence-electron chi connectivity index (χ1n) is 12.0. The summed E-state index contributed by atoms with van der Waals surface area (Å²) in [6.07, 6.45) is 4.17. The van der Waals surface area contributed by atoms with E-state index in [9.17, 15) is 18.9 Å². The Morgan fingerprint density at radius 2 is 1.94 bits per heavy atom. The molecule has 0 bridgehead atoms. The summed E-state index contributed by atoms with van der Waals surface area (Å²) in [5.41, 5.74) is 0.895. The Morgan fingerprint density at radius 3 is 2.65 bits per heavy atom. The molecule has 0 spiro atoms. The van der Waals surface area contributed by atoms with Gasteiger partial charge in [0.25, 0.3) is 0 Å². The fourth-order valence-electron chi connectivity index (χ4n) is 3.44. The van der Waals surface area contributed by atoms with E-state index in [0.717, 1.165) is 31.2 Å². The van der Waals surface area contributed by atoms with Gasteiger partial charge in [0.05, 0.1) is 0 Å². The van der Waals surface area contributed by atoms with E-state index in [0.29, 0.717) is 38.5 Å². The summed E-state index contributed by atoms with van der Waals surface area (Å²) < 4.78 is 27.9. The maximum atomic E-state index is 12.6. The summed E-state index contributed by atoms with van der Waals surface area (Å²) in [5, 5.41) is 5.65. The molecule has 1 saturated heterocycles. The van der Waals surface area contributed by atoms with Gasteiger partial charge in [0, 0.05) is 6.54 Å². The Labute approximate surface area is 202 Å². The minimum absolute atomic E-state index is 0.184. The molecule has 1 heterocycles. The molecule has 0 saturated carbocycles. The average Bonchev–Trinajstić information content (AvgIpc) is 3.38. The van der Waals surface area contributed by atoms with E-state index in [1.165, 1.54) is 0 Å². The fraction of sp³-hybridized carbons (Fsp3) is 0.625. The van der Waals surface area contributed by atoms with Crippen LogP contribution < -0.4 is 10.6 Å². The second-order valence-corrected chi connectivity index (χ2v) is 9.55. The Bertz CT molecular complexity index is 785. The van der Waals surface area contributed by atoms with Crippen molar-refractivity contribution >= 4 is 26.1 Å². The second-order valence-electron chi connectivity index (χ2n) is 8.23. The zero-order valence-corrected chi connectivity index (χ0v) is 20.7. The Balaban J connectivity index is 1.73. The van der Waals surface area contributed by atoms with Crippen LogP contribution in [0.4, 0.5) is 4.79 Å². The monoisotopic (exact) mass is 495 g/mol. The highest BCUT2D eigenvalue weighted by Crippen LogP contribution is 2.29. The van der Waals surface area contributed by atoms with Crippen LogP contribution in [-0.2, 0) is 34.8 Å². The smallest absolute Gasteiger partial charge is 0.445 e. The van der Waals surface area contributed by atoms with Crippen molar-refractivity contribution in [2.75, 3.05) is 19.3 Å². The summed E-state index contributed by atoms with van der Waals surface area (Å²) >= 11 is 0. The standard InChI is InChI=1S/C24H35N2O7P/c1-2-3-9-17-34(30)33-21(23(28)32-22(27)20-13-10-16-25-20)14-7-8-15-26-24(29)31-18-19-11-5-4-6-12-19/h4-6,11-12,20-21,25H,2-3,7-10,13-18H2,1H3/p+1/t20-,21?/m0/s1. The molecule has 2 N–H and O–H groups in total. The highest BCUT2D eigenvalue weighted by molar-refractivity contribution is 7.39. The largest absolute Gasteiger partial charge is 0.508 e. The van der Waals surface area contributed by atoms with Gasteiger partial charge in [0.1, 0.15) is 12.6 Å². The maximum absolute atomic E-state index is 12.6. The van der Waals surface area contributed by atoms with Crippen molar-refractivity contribution in [1.29, 1.82) is 0 Å². The normalized spacial score (nSPS) is 16.5. The average molecular weight is 496 g/mol. The predicted octanol–water partition coefficient (Wildman–Crippen LogP) is 4.22. The zero-order valence-electron chi connectivity index (χ0n) is 19.8. The number of rotatable bonds is 15. The van der Waals surface area contributed by atoms with E-state index >= 15 is 0 Å². The van der Waals surface area contributed by atoms with Gasteiger partial charge in [-0.15, -0.1) is 4.52 Å². The van der Waals surface area contributed by atoms with Crippen LogP contribution in [0.2, 0.25) is 0 Å². The molecule has 9 nitrogen and oxygen atoms in total. The lowest BCUT2D eigenvalue weighted by atomic mass is 10.1. The van der Waals surface area contributed by atoms with E-state index in [4.69, 9.17) is 14.0 Å². The van der Waals surface area contributed by atoms with Crippen molar-refractivity contribution in [2.24, 2.45) is 0 Å². The molecule has 0 aliphatic carbocycles. The van der Waals surface area contributed by atoms with E-state index in [2.05, 4.69) is 10.6 Å². The summed E-state index contributed by atoms with van der Waals surface area (Å²) in [4.78, 5) is 36.6. The summed E-state index contributed by atoms with van der Waals surface area (Å²) in [6.45, 7) is 3.28. The molecule has 1 aromatic rings. The maximum Gasteiger partial charge on any atom is 0.508 e. The number of carbonyl (C=O) groups excluding carboxylic acids is 3. The molecule has 1 aliphatic rings. The SMILES string of the molecule is CCCCC[P+](=O)OC(CCCCNC(=O)OCc1ccccc1)C(=O)OC(=O)[C@@H]1CCCN1. The molecule has 2 unspecified atom stereocenters. The highest BCUT2D eigenvalue weighted by Gasteiger charge is 2.34. The molecular formula is C24H36N2O7P+. The molecule has 3 atom stereocenters. The molecule has 10 heteroatoms. The van der Waals surface area contributed by atoms with Crippen molar-refractivity contribution in [3.8, 4) is 0 Å². The van der Waals surface area contributed by atoms with Gasteiger partial charge in [-0.3, -0.25) is 0 Å². The number of hydrogen-bond donors (Lipinski definition) is 2. The fourth-order valence-corrected chi connectivity index (χ4v) is 4.50. The summed E-state index contributed by atoms with van der Waals surface area (Å²) in [6, 6.07) is 8.87. The van der Waals surface area contributed by atoms with Crippen molar-refractivity contribution in [2.45, 2.75) is 77.0 Å². The number of benzene rings is 1. The number of carbonyl (C=O) groups is 3. The number of nitrogens with one attached hydrogen (secondary N) is 2. The predicted molar refractivity (Wildman–Crippen MR) is 127 cm³/mol. The van der Waals surface area contributed by atoms with E-state index < -0.39 is 38.2 Å². The Hall–Kier alpha value is -2.35. The van der Waals surface area contributed by atoms with Gasteiger partial charge < -0.3 is 20.1 Å². The number of ether oxygens (including phenoxy) is 2. The van der Waals surface area contributed by atoms with Crippen LogP contribution >= 0.6 is 8.03 Å². The molecule has 188 valence electrons. The van der Waals surface area contributed by atoms with Crippen molar-refractivity contribution in [3.05, 3.63) is 35.9 Å². The molecule has 34 heavy (non-hydrogen) atoms. The minimum Gasteiger partial charge on any atom is -0.445 e. The van der Waals surface area contributed by atoms with Gasteiger partial charge in [0.15, 0.2) is 6.16 Å². The molecule has 1 aromatic carbocycles. The molecule has 1 fully saturated rings. The first-order valence-corrected chi connectivity index (χ1v) is 13.4. The third-order valence-corrected chi connectivity index (χ3v) is 6.54. The van der Waals surface area contributed by atoms with Crippen LogP contribution in [0.25, 0.3) is 0 Å². The Morgan fingerprint density at radius 1 is 1.15 bits per heavy atom. The molecular weight excluding hydrogens is 459 g/mol. The van der Waals surface area contributed by atoms with Gasteiger partial charge in [-0.05, 0) is 61.6 Å². The van der Waals surface area contributed by atoms with Crippen LogP contribution in [0.3, 0.4) is 0 Å². The molecule has 1 aliphatic heterocycles. The quantitative estimate of drug-likeness (QED) is 0.161. The summed E-state index contributed by atoms with van der Waals surface area (Å²) in [7, 11) is -2.03. The number of alkyl carbamates (subject to hydrolysis) is 1. The number of esters is 2. The lowest BCUT2D eigenvalue weighted by Crippen LogP contribution is -2.37. The number of amides is 1. The zero-order chi connectivity index (χ0) is 24.6. The summed E-state index contributed by atoms with van der Waals surface area (Å²) in [5.74, 6) is -1.44. The third kappa shape index (κ3) is 11.2. The Kier molecular flexibility index (Phi) is 13.4. The third-order valence-electron chi connectivity index (χ3n) is 5.37.